The molecule has 4 aliphatic carbocycles. The lowest BCUT2D eigenvalue weighted by Gasteiger charge is -2.62. The van der Waals surface area contributed by atoms with Crippen molar-refractivity contribution < 1.29 is 4.57 Å². The molecule has 5 heteroatoms. The molecule has 0 unspecified atom stereocenters. The van der Waals surface area contributed by atoms with Gasteiger partial charge in [0.1, 0.15) is 7.14 Å². The van der Waals surface area contributed by atoms with Crippen LogP contribution >= 0.6 is 7.14 Å². The highest BCUT2D eigenvalue weighted by Gasteiger charge is 2.58. The quantitative estimate of drug-likeness (QED) is 0.144. The third-order valence-corrected chi connectivity index (χ3v) is 15.6. The third-order valence-electron chi connectivity index (χ3n) is 14.1. The van der Waals surface area contributed by atoms with E-state index in [0.717, 1.165) is 50.3 Å². The van der Waals surface area contributed by atoms with Crippen molar-refractivity contribution in [2.45, 2.75) is 37.5 Å². The first-order valence-corrected chi connectivity index (χ1v) is 24.2. The summed E-state index contributed by atoms with van der Waals surface area (Å²) in [6.45, 7) is 3.70. The van der Waals surface area contributed by atoms with Crippen LogP contribution in [0.1, 0.15) is 43.2 Å². The van der Waals surface area contributed by atoms with Crippen molar-refractivity contribution >= 4 is 23.2 Å². The summed E-state index contributed by atoms with van der Waals surface area (Å²) in [6.07, 6.45) is 6.61. The van der Waals surface area contributed by atoms with Gasteiger partial charge in [-0.1, -0.05) is 158 Å². The maximum Gasteiger partial charge on any atom is 0.164 e. The van der Waals surface area contributed by atoms with E-state index in [1.165, 1.54) is 59.7 Å². The summed E-state index contributed by atoms with van der Waals surface area (Å²) in [5, 5.41) is 3.28. The molecule has 0 radical (unpaired) electrons. The Bertz CT molecular complexity index is 2890. The molecule has 4 bridgehead atoms. The van der Waals surface area contributed by atoms with Gasteiger partial charge < -0.3 is 4.57 Å². The normalized spacial score (nSPS) is 22.0. The van der Waals surface area contributed by atoms with E-state index < -0.39 is 7.14 Å². The van der Waals surface area contributed by atoms with Crippen LogP contribution in [0.2, 0.25) is 0 Å². The number of fused-ring (bicyclic) bond motifs is 1. The number of benzene rings is 7. The summed E-state index contributed by atoms with van der Waals surface area (Å²) in [4.78, 5) is 15.5. The van der Waals surface area contributed by atoms with E-state index in [1.807, 2.05) is 31.5 Å². The molecule has 294 valence electrons. The monoisotopic (exact) mass is 797 g/mol. The van der Waals surface area contributed by atoms with Crippen molar-refractivity contribution in [2.24, 2.45) is 23.7 Å². The lowest BCUT2D eigenvalue weighted by atomic mass is 9.42. The van der Waals surface area contributed by atoms with Crippen molar-refractivity contribution in [3.63, 3.8) is 0 Å². The van der Waals surface area contributed by atoms with Gasteiger partial charge in [-0.25, -0.2) is 15.0 Å². The number of aromatic nitrogens is 3. The van der Waals surface area contributed by atoms with Gasteiger partial charge in [0.25, 0.3) is 0 Å². The van der Waals surface area contributed by atoms with Gasteiger partial charge in [0, 0.05) is 27.4 Å². The summed E-state index contributed by atoms with van der Waals surface area (Å²) in [5.41, 5.74) is 10.3. The summed E-state index contributed by atoms with van der Waals surface area (Å²) in [5.74, 6) is 4.93. The van der Waals surface area contributed by atoms with Crippen LogP contribution in [-0.2, 0) is 9.98 Å². The van der Waals surface area contributed by atoms with E-state index in [4.69, 9.17) is 15.0 Å². The van der Waals surface area contributed by atoms with Crippen molar-refractivity contribution in [3.05, 3.63) is 181 Å². The molecule has 0 amide bonds. The van der Waals surface area contributed by atoms with Crippen LogP contribution in [0.3, 0.4) is 0 Å². The number of rotatable bonds is 8. The minimum Gasteiger partial charge on any atom is -0.319 e. The molecular formula is C55H48N3OP. The molecular weight excluding hydrogens is 750 g/mol. The molecule has 1 heterocycles. The Morgan fingerprint density at radius 1 is 0.417 bits per heavy atom. The van der Waals surface area contributed by atoms with Gasteiger partial charge in [0.15, 0.2) is 17.5 Å². The summed E-state index contributed by atoms with van der Waals surface area (Å²) >= 11 is 0. The highest BCUT2D eigenvalue weighted by atomic mass is 31.2. The van der Waals surface area contributed by atoms with Crippen LogP contribution in [0.5, 0.6) is 0 Å². The maximum atomic E-state index is 13.0. The van der Waals surface area contributed by atoms with Gasteiger partial charge in [-0.3, -0.25) is 0 Å². The molecule has 12 rings (SSSR count). The van der Waals surface area contributed by atoms with Crippen LogP contribution in [0, 0.1) is 23.7 Å². The van der Waals surface area contributed by atoms with Crippen LogP contribution in [0.4, 0.5) is 0 Å². The van der Waals surface area contributed by atoms with Crippen molar-refractivity contribution in [2.75, 3.05) is 13.3 Å². The molecule has 4 saturated carbocycles. The van der Waals surface area contributed by atoms with Crippen LogP contribution in [-0.4, -0.2) is 28.3 Å². The van der Waals surface area contributed by atoms with Gasteiger partial charge in [0.05, 0.1) is 0 Å². The van der Waals surface area contributed by atoms with E-state index in [2.05, 4.69) is 152 Å². The first-order chi connectivity index (χ1) is 29.3. The van der Waals surface area contributed by atoms with E-state index in [0.29, 0.717) is 29.3 Å². The molecule has 4 fully saturated rings. The number of hydrogen-bond acceptors (Lipinski definition) is 4. The second-order valence-corrected chi connectivity index (χ2v) is 21.3. The number of nitrogens with zero attached hydrogens (tertiary/aromatic N) is 3. The third kappa shape index (κ3) is 6.53. The summed E-state index contributed by atoms with van der Waals surface area (Å²) in [7, 11) is -2.36. The zero-order valence-electron chi connectivity index (χ0n) is 34.2. The summed E-state index contributed by atoms with van der Waals surface area (Å²) in [6, 6.07) is 60.9. The van der Waals surface area contributed by atoms with Gasteiger partial charge in [0.2, 0.25) is 0 Å². The van der Waals surface area contributed by atoms with Crippen molar-refractivity contribution in [1.82, 2.24) is 15.0 Å². The van der Waals surface area contributed by atoms with E-state index in [-0.39, 0.29) is 5.41 Å². The predicted octanol–water partition coefficient (Wildman–Crippen LogP) is 13.3. The van der Waals surface area contributed by atoms with Gasteiger partial charge in [-0.2, -0.15) is 0 Å². The highest BCUT2D eigenvalue weighted by Crippen LogP contribution is 2.65. The average Bonchev–Trinajstić information content (AvgIpc) is 3.29. The predicted molar refractivity (Wildman–Crippen MR) is 248 cm³/mol. The molecule has 0 spiro atoms. The molecule has 4 nitrogen and oxygen atoms in total. The molecule has 60 heavy (non-hydrogen) atoms. The lowest BCUT2D eigenvalue weighted by Crippen LogP contribution is -2.56. The molecule has 4 aliphatic rings. The van der Waals surface area contributed by atoms with E-state index in [1.54, 1.807) is 0 Å². The zero-order valence-corrected chi connectivity index (χ0v) is 35.1. The average molecular weight is 798 g/mol. The number of hydrogen-bond donors (Lipinski definition) is 0. The first kappa shape index (κ1) is 37.1. The first-order valence-electron chi connectivity index (χ1n) is 21.6. The second-order valence-electron chi connectivity index (χ2n) is 18.0. The van der Waals surface area contributed by atoms with Crippen LogP contribution in [0.25, 0.3) is 67.2 Å². The molecule has 1 aromatic heterocycles. The Morgan fingerprint density at radius 2 is 0.867 bits per heavy atom. The topological polar surface area (TPSA) is 55.7 Å². The van der Waals surface area contributed by atoms with E-state index >= 15 is 0 Å². The fourth-order valence-corrected chi connectivity index (χ4v) is 12.3. The highest BCUT2D eigenvalue weighted by molar-refractivity contribution is 7.70. The fourth-order valence-electron chi connectivity index (χ4n) is 11.4. The second kappa shape index (κ2) is 14.6. The Labute approximate surface area is 353 Å². The Hall–Kier alpha value is -5.96. The minimum absolute atomic E-state index is 0.0457. The van der Waals surface area contributed by atoms with Crippen LogP contribution < -0.4 is 5.30 Å². The Morgan fingerprint density at radius 3 is 1.47 bits per heavy atom. The SMILES string of the molecule is CP(C)(=O)c1cccc(-c2ccc(C3(c4ccc(-c5nc(-c6ccc(-c7ccccc7)cc6)nc(-c6ccc7ccccc7c6)n5)cc4)C4CC5CC(C4)CC3C5)cc2)c1. The molecule has 0 saturated heterocycles. The van der Waals surface area contributed by atoms with Gasteiger partial charge >= 0.3 is 0 Å². The van der Waals surface area contributed by atoms with E-state index in [9.17, 15) is 4.57 Å². The van der Waals surface area contributed by atoms with Gasteiger partial charge in [-0.05, 0) is 125 Å². The van der Waals surface area contributed by atoms with Crippen LogP contribution in [0.15, 0.2) is 170 Å². The Kier molecular flexibility index (Phi) is 9.05. The molecule has 0 N–H and O–H groups in total. The fraction of sp³-hybridized carbons (Fsp3) is 0.218. The molecule has 8 aromatic rings. The molecule has 7 aromatic carbocycles. The smallest absolute Gasteiger partial charge is 0.164 e. The Balaban J connectivity index is 0.994. The lowest BCUT2D eigenvalue weighted by molar-refractivity contribution is -0.0418. The standard InChI is InChI=1S/C55H48N3OP/c1-60(2,59)51-14-8-13-45(35-51)41-21-25-47(26-22-41)55(49-30-36-29-37(32-49)33-50(55)31-36)48-27-23-43(24-28-48)53-56-52(42-18-15-40(16-19-42)38-9-4-3-5-10-38)57-54(58-53)46-20-17-39-11-6-7-12-44(39)34-46/h3-28,34-37,49-50H,29-33H2,1-2H3. The largest absolute Gasteiger partial charge is 0.319 e. The molecule has 0 aliphatic heterocycles. The maximum absolute atomic E-state index is 13.0. The van der Waals surface area contributed by atoms with Gasteiger partial charge in [-0.15, -0.1) is 0 Å². The minimum atomic E-state index is -2.36. The zero-order chi connectivity index (χ0) is 40.4. The summed E-state index contributed by atoms with van der Waals surface area (Å²) < 4.78 is 13.0. The van der Waals surface area contributed by atoms with Crippen molar-refractivity contribution in [1.29, 1.82) is 0 Å². The van der Waals surface area contributed by atoms with Crippen molar-refractivity contribution in [3.8, 4) is 56.4 Å². The molecule has 0 atom stereocenters.